The molecule has 5 nitrogen and oxygen atoms in total. The van der Waals surface area contributed by atoms with E-state index in [0.717, 1.165) is 11.1 Å². The molecule has 170 valence electrons. The minimum atomic E-state index is -0.385. The summed E-state index contributed by atoms with van der Waals surface area (Å²) in [5.41, 5.74) is 4.72. The molecule has 1 aliphatic heterocycles. The van der Waals surface area contributed by atoms with Crippen molar-refractivity contribution in [1.82, 2.24) is 10.2 Å². The first-order valence-corrected chi connectivity index (χ1v) is 11.4. The molecule has 2 unspecified atom stereocenters. The van der Waals surface area contributed by atoms with Gasteiger partial charge in [-0.2, -0.15) is 0 Å². The number of nitrogens with zero attached hydrogens (tertiary/aromatic N) is 1. The molecular formula is C27H27ClN2O3. The molecule has 0 saturated carbocycles. The molecule has 0 spiro atoms. The number of benzene rings is 3. The number of carbonyl (C=O) groups excluding carboxylic acids is 2. The van der Waals surface area contributed by atoms with Gasteiger partial charge in [0.1, 0.15) is 0 Å². The van der Waals surface area contributed by atoms with Gasteiger partial charge in [0.2, 0.25) is 5.91 Å². The maximum atomic E-state index is 13.8. The first-order chi connectivity index (χ1) is 16.0. The number of rotatable bonds is 6. The monoisotopic (exact) mass is 462 g/mol. The highest BCUT2D eigenvalue weighted by Crippen LogP contribution is 2.30. The Morgan fingerprint density at radius 1 is 1.03 bits per heavy atom. The van der Waals surface area contributed by atoms with E-state index in [1.54, 1.807) is 12.1 Å². The topological polar surface area (TPSA) is 58.6 Å². The van der Waals surface area contributed by atoms with E-state index >= 15 is 0 Å². The summed E-state index contributed by atoms with van der Waals surface area (Å²) in [5, 5.41) is 4.04. The number of fused-ring (bicyclic) bond motifs is 1. The zero-order chi connectivity index (χ0) is 23.4. The Labute approximate surface area is 199 Å². The highest BCUT2D eigenvalue weighted by molar-refractivity contribution is 6.31. The highest BCUT2D eigenvalue weighted by atomic mass is 35.5. The van der Waals surface area contributed by atoms with Crippen molar-refractivity contribution in [2.45, 2.75) is 38.5 Å². The molecule has 2 atom stereocenters. The molecule has 6 heteroatoms. The van der Waals surface area contributed by atoms with E-state index in [-0.39, 0.29) is 24.0 Å². The Morgan fingerprint density at radius 3 is 2.39 bits per heavy atom. The summed E-state index contributed by atoms with van der Waals surface area (Å²) in [5.74, 6) is -0.363. The summed E-state index contributed by atoms with van der Waals surface area (Å²) in [6, 6.07) is 22.4. The molecule has 1 heterocycles. The molecule has 0 aliphatic carbocycles. The molecule has 33 heavy (non-hydrogen) atoms. The molecule has 0 aromatic heterocycles. The van der Waals surface area contributed by atoms with E-state index in [0.29, 0.717) is 30.1 Å². The number of esters is 1. The van der Waals surface area contributed by atoms with Crippen LogP contribution in [0.3, 0.4) is 0 Å². The summed E-state index contributed by atoms with van der Waals surface area (Å²) in [6.45, 7) is 3.06. The van der Waals surface area contributed by atoms with Gasteiger partial charge in [-0.3, -0.25) is 4.79 Å². The van der Waals surface area contributed by atoms with Gasteiger partial charge in [-0.05, 0) is 53.8 Å². The lowest BCUT2D eigenvalue weighted by molar-refractivity contribution is -0.136. The summed E-state index contributed by atoms with van der Waals surface area (Å²) in [7, 11) is 1.36. The molecule has 0 bridgehead atoms. The fourth-order valence-electron chi connectivity index (χ4n) is 4.28. The summed E-state index contributed by atoms with van der Waals surface area (Å²) >= 11 is 6.49. The lowest BCUT2D eigenvalue weighted by Crippen LogP contribution is -2.49. The van der Waals surface area contributed by atoms with Gasteiger partial charge in [0.15, 0.2) is 0 Å². The van der Waals surface area contributed by atoms with E-state index in [1.165, 1.54) is 18.2 Å². The van der Waals surface area contributed by atoms with Crippen LogP contribution in [-0.2, 0) is 29.0 Å². The smallest absolute Gasteiger partial charge is 0.337 e. The second-order valence-corrected chi connectivity index (χ2v) is 8.67. The second-order valence-electron chi connectivity index (χ2n) is 8.26. The Bertz CT molecular complexity index is 1150. The van der Waals surface area contributed by atoms with Gasteiger partial charge >= 0.3 is 5.97 Å². The molecule has 0 fully saturated rings. The Hall–Kier alpha value is -3.15. The molecular weight excluding hydrogens is 436 g/mol. The molecule has 3 aromatic carbocycles. The first kappa shape index (κ1) is 23.0. The minimum absolute atomic E-state index is 0.0222. The van der Waals surface area contributed by atoms with Crippen LogP contribution in [0.1, 0.15) is 45.6 Å². The quantitative estimate of drug-likeness (QED) is 0.527. The van der Waals surface area contributed by atoms with Crippen LogP contribution in [0.25, 0.3) is 0 Å². The van der Waals surface area contributed by atoms with Crippen molar-refractivity contribution in [3.8, 4) is 0 Å². The standard InChI is InChI=1S/C27H27ClN2O3/c1-18(23-9-5-6-10-24(23)28)30(17-19-11-13-20(14-12-19)27(32)33-2)26(31)25-15-21-7-3-4-8-22(21)16-29-25/h3-14,18,25,29H,15-17H2,1-2H3. The molecule has 1 aliphatic rings. The average molecular weight is 463 g/mol. The predicted octanol–water partition coefficient (Wildman–Crippen LogP) is 4.93. The SMILES string of the molecule is COC(=O)c1ccc(CN(C(=O)C2Cc3ccccc3CN2)C(C)c2ccccc2Cl)cc1. The van der Waals surface area contributed by atoms with E-state index in [2.05, 4.69) is 17.4 Å². The van der Waals surface area contributed by atoms with Crippen molar-refractivity contribution in [2.75, 3.05) is 7.11 Å². The maximum absolute atomic E-state index is 13.8. The Kier molecular flexibility index (Phi) is 7.11. The van der Waals surface area contributed by atoms with Crippen LogP contribution in [0, 0.1) is 0 Å². The lowest BCUT2D eigenvalue weighted by atomic mass is 9.94. The summed E-state index contributed by atoms with van der Waals surface area (Å²) in [6.07, 6.45) is 0.641. The molecule has 0 saturated heterocycles. The zero-order valence-electron chi connectivity index (χ0n) is 18.8. The van der Waals surface area contributed by atoms with Gasteiger partial charge in [-0.1, -0.05) is 66.2 Å². The predicted molar refractivity (Wildman–Crippen MR) is 129 cm³/mol. The van der Waals surface area contributed by atoms with E-state index in [1.807, 2.05) is 60.4 Å². The number of methoxy groups -OCH3 is 1. The number of ether oxygens (including phenoxy) is 1. The maximum Gasteiger partial charge on any atom is 0.337 e. The average Bonchev–Trinajstić information content (AvgIpc) is 2.86. The Morgan fingerprint density at radius 2 is 1.70 bits per heavy atom. The van der Waals surface area contributed by atoms with Crippen LogP contribution in [0.4, 0.5) is 0 Å². The van der Waals surface area contributed by atoms with Gasteiger partial charge in [0.25, 0.3) is 0 Å². The van der Waals surface area contributed by atoms with Crippen molar-refractivity contribution in [2.24, 2.45) is 0 Å². The van der Waals surface area contributed by atoms with Gasteiger partial charge in [-0.25, -0.2) is 4.79 Å². The number of amides is 1. The third-order valence-corrected chi connectivity index (χ3v) is 6.56. The molecule has 1 amide bonds. The van der Waals surface area contributed by atoms with Gasteiger partial charge in [-0.15, -0.1) is 0 Å². The largest absolute Gasteiger partial charge is 0.465 e. The molecule has 3 aromatic rings. The van der Waals surface area contributed by atoms with Crippen molar-refractivity contribution in [3.05, 3.63) is 106 Å². The first-order valence-electron chi connectivity index (χ1n) is 11.0. The van der Waals surface area contributed by atoms with E-state index < -0.39 is 0 Å². The third kappa shape index (κ3) is 5.10. The van der Waals surface area contributed by atoms with Gasteiger partial charge in [0.05, 0.1) is 24.8 Å². The minimum Gasteiger partial charge on any atom is -0.465 e. The summed E-state index contributed by atoms with van der Waals surface area (Å²) < 4.78 is 4.79. The molecule has 4 rings (SSSR count). The number of hydrogen-bond donors (Lipinski definition) is 1. The van der Waals surface area contributed by atoms with Crippen LogP contribution in [0.2, 0.25) is 5.02 Å². The Balaban J connectivity index is 1.62. The second kappa shape index (κ2) is 10.2. The van der Waals surface area contributed by atoms with Crippen LogP contribution in [0.15, 0.2) is 72.8 Å². The van der Waals surface area contributed by atoms with Crippen LogP contribution in [-0.4, -0.2) is 29.9 Å². The third-order valence-electron chi connectivity index (χ3n) is 6.21. The van der Waals surface area contributed by atoms with Crippen molar-refractivity contribution < 1.29 is 14.3 Å². The normalized spacial score (nSPS) is 15.9. The van der Waals surface area contributed by atoms with E-state index in [4.69, 9.17) is 16.3 Å². The van der Waals surface area contributed by atoms with Crippen molar-refractivity contribution in [1.29, 1.82) is 0 Å². The highest BCUT2D eigenvalue weighted by Gasteiger charge is 2.31. The molecule has 1 N–H and O–H groups in total. The number of hydrogen-bond acceptors (Lipinski definition) is 4. The fourth-order valence-corrected chi connectivity index (χ4v) is 4.57. The van der Waals surface area contributed by atoms with Crippen LogP contribution < -0.4 is 5.32 Å². The number of halogens is 1. The van der Waals surface area contributed by atoms with Crippen LogP contribution >= 0.6 is 11.6 Å². The number of carbonyl (C=O) groups is 2. The zero-order valence-corrected chi connectivity index (χ0v) is 19.5. The number of nitrogens with one attached hydrogen (secondary N) is 1. The van der Waals surface area contributed by atoms with Crippen molar-refractivity contribution >= 4 is 23.5 Å². The molecule has 0 radical (unpaired) electrons. The van der Waals surface area contributed by atoms with Gasteiger partial charge in [0, 0.05) is 18.1 Å². The van der Waals surface area contributed by atoms with Crippen molar-refractivity contribution in [3.63, 3.8) is 0 Å². The lowest BCUT2D eigenvalue weighted by Gasteiger charge is -2.35. The van der Waals surface area contributed by atoms with E-state index in [9.17, 15) is 9.59 Å². The fraction of sp³-hybridized carbons (Fsp3) is 0.259. The van der Waals surface area contributed by atoms with Crippen LogP contribution in [0.5, 0.6) is 0 Å². The summed E-state index contributed by atoms with van der Waals surface area (Å²) in [4.78, 5) is 27.5. The van der Waals surface area contributed by atoms with Gasteiger partial charge < -0.3 is 15.0 Å².